The van der Waals surface area contributed by atoms with Crippen LogP contribution in [-0.2, 0) is 25.0 Å². The highest BCUT2D eigenvalue weighted by Gasteiger charge is 2.52. The molecule has 0 spiro atoms. The molecule has 0 saturated heterocycles. The number of methoxy groups -OCH3 is 1. The molecule has 0 aromatic heterocycles. The third-order valence-electron chi connectivity index (χ3n) is 12.1. The Morgan fingerprint density at radius 3 is 1.72 bits per heavy atom. The van der Waals surface area contributed by atoms with Gasteiger partial charge in [0.05, 0.1) is 38.1 Å². The Bertz CT molecular complexity index is 1750. The topological polar surface area (TPSA) is 74.2 Å². The van der Waals surface area contributed by atoms with Gasteiger partial charge in [-0.15, -0.1) is 6.58 Å². The highest BCUT2D eigenvalue weighted by molar-refractivity contribution is 8.14. The first-order valence-corrected chi connectivity index (χ1v) is 27.3. The molecule has 0 bridgehead atoms. The predicted molar refractivity (Wildman–Crippen MR) is 261 cm³/mol. The lowest BCUT2D eigenvalue weighted by molar-refractivity contribution is -0.113. The summed E-state index contributed by atoms with van der Waals surface area (Å²) in [5.41, 5.74) is 1.23. The Kier molecular flexibility index (Phi) is 18.5. The van der Waals surface area contributed by atoms with Gasteiger partial charge in [-0.2, -0.15) is 0 Å². The van der Waals surface area contributed by atoms with Gasteiger partial charge in [0.1, 0.15) is 5.75 Å². The van der Waals surface area contributed by atoms with Gasteiger partial charge in [0, 0.05) is 23.0 Å². The second kappa shape index (κ2) is 21.5. The Balaban J connectivity index is 2.10. The summed E-state index contributed by atoms with van der Waals surface area (Å²) in [6.07, 6.45) is 2.30. The summed E-state index contributed by atoms with van der Waals surface area (Å²) in [6, 6.07) is 29.0. The van der Waals surface area contributed by atoms with E-state index in [2.05, 4.69) is 151 Å². The molecule has 3 aromatic rings. The molecule has 0 heterocycles. The Hall–Kier alpha value is -2.77. The quantitative estimate of drug-likeness (QED) is 0.0796. The number of aliphatic hydroxyl groups excluding tert-OH is 1. The Morgan fingerprint density at radius 1 is 0.733 bits per heavy atom. The van der Waals surface area contributed by atoms with E-state index in [1.165, 1.54) is 11.8 Å². The van der Waals surface area contributed by atoms with Crippen molar-refractivity contribution in [3.8, 4) is 5.75 Å². The van der Waals surface area contributed by atoms with Gasteiger partial charge in [-0.05, 0) is 70.5 Å². The molecular formula is C51H78O6SSi2. The predicted octanol–water partition coefficient (Wildman–Crippen LogP) is 12.1. The van der Waals surface area contributed by atoms with Crippen LogP contribution in [0, 0.1) is 5.41 Å². The van der Waals surface area contributed by atoms with Gasteiger partial charge in [-0.3, -0.25) is 4.79 Å². The standard InChI is InChI=1S/C51H78O6SSi2/c1-17-24-41(56-59(15,16)49(6,7)8)33-38(2)51(12,13)46(52)35-42(55-37-39-29-31-40(54-14)32-30-39)34-43(36-47(53)58-48(3,4)5)57-60(50(9,10)11,44-25-20-18-21-26-44)45-27-22-19-23-28-45/h17-23,25-32,41-43,46,52H,1-2,24,33-37H2,3-16H3/t41-,42+,43+,46-/m0/s1. The molecule has 0 aliphatic rings. The Labute approximate surface area is 371 Å². The zero-order chi connectivity index (χ0) is 45.2. The van der Waals surface area contributed by atoms with E-state index >= 15 is 0 Å². The van der Waals surface area contributed by atoms with Gasteiger partial charge < -0.3 is 23.4 Å². The number of thioether (sulfide) groups is 1. The summed E-state index contributed by atoms with van der Waals surface area (Å²) in [6.45, 7) is 37.3. The van der Waals surface area contributed by atoms with Crippen LogP contribution in [-0.4, -0.2) is 63.1 Å². The summed E-state index contributed by atoms with van der Waals surface area (Å²) in [7, 11) is -3.51. The molecule has 0 radical (unpaired) electrons. The van der Waals surface area contributed by atoms with Crippen LogP contribution in [0.5, 0.6) is 5.75 Å². The zero-order valence-corrected chi connectivity index (χ0v) is 42.3. The molecule has 0 aliphatic carbocycles. The molecule has 9 heteroatoms. The third kappa shape index (κ3) is 14.4. The number of hydrogen-bond donors (Lipinski definition) is 1. The number of carbonyl (C=O) groups excluding carboxylic acids is 1. The maximum absolute atomic E-state index is 14.1. The first kappa shape index (κ1) is 51.6. The minimum absolute atomic E-state index is 0.0526. The Morgan fingerprint density at radius 2 is 1.27 bits per heavy atom. The van der Waals surface area contributed by atoms with Crippen molar-refractivity contribution in [2.75, 3.05) is 7.11 Å². The number of benzene rings is 3. The normalized spacial score (nSPS) is 15.2. The average Bonchev–Trinajstić information content (AvgIpc) is 3.14. The highest BCUT2D eigenvalue weighted by Crippen LogP contribution is 2.42. The molecule has 0 fully saturated rings. The maximum Gasteiger partial charge on any atom is 0.261 e. The van der Waals surface area contributed by atoms with Gasteiger partial charge in [0.2, 0.25) is 0 Å². The van der Waals surface area contributed by atoms with Crippen LogP contribution in [0.25, 0.3) is 0 Å². The highest BCUT2D eigenvalue weighted by atomic mass is 32.2. The first-order chi connectivity index (χ1) is 27.8. The van der Waals surface area contributed by atoms with Crippen molar-refractivity contribution < 1.29 is 28.2 Å². The molecule has 0 aliphatic heterocycles. The second-order valence-corrected chi connectivity index (χ2v) is 31.4. The van der Waals surface area contributed by atoms with E-state index < -0.39 is 40.4 Å². The van der Waals surface area contributed by atoms with Gasteiger partial charge in [0.15, 0.2) is 13.4 Å². The van der Waals surface area contributed by atoms with Crippen molar-refractivity contribution in [3.05, 3.63) is 115 Å². The summed E-state index contributed by atoms with van der Waals surface area (Å²) in [4.78, 5) is 14.1. The van der Waals surface area contributed by atoms with Crippen molar-refractivity contribution in [2.45, 2.75) is 167 Å². The maximum atomic E-state index is 14.1. The molecular weight excluding hydrogens is 797 g/mol. The van der Waals surface area contributed by atoms with Crippen molar-refractivity contribution in [1.82, 2.24) is 0 Å². The molecule has 60 heavy (non-hydrogen) atoms. The molecule has 3 aromatic carbocycles. The number of carbonyl (C=O) groups is 1. The van der Waals surface area contributed by atoms with Crippen LogP contribution in [0.1, 0.15) is 114 Å². The van der Waals surface area contributed by atoms with E-state index in [-0.39, 0.29) is 32.5 Å². The molecule has 3 rings (SSSR count). The monoisotopic (exact) mass is 875 g/mol. The fourth-order valence-electron chi connectivity index (χ4n) is 7.41. The lowest BCUT2D eigenvalue weighted by Gasteiger charge is -2.46. The van der Waals surface area contributed by atoms with Gasteiger partial charge in [-0.25, -0.2) is 0 Å². The van der Waals surface area contributed by atoms with E-state index in [9.17, 15) is 9.90 Å². The van der Waals surface area contributed by atoms with E-state index in [0.29, 0.717) is 32.3 Å². The first-order valence-electron chi connectivity index (χ1n) is 21.7. The van der Waals surface area contributed by atoms with Crippen LogP contribution in [0.2, 0.25) is 23.2 Å². The molecule has 0 unspecified atom stereocenters. The number of rotatable bonds is 22. The lowest BCUT2D eigenvalue weighted by Crippen LogP contribution is -2.68. The molecule has 332 valence electrons. The number of ether oxygens (including phenoxy) is 2. The van der Waals surface area contributed by atoms with E-state index in [1.54, 1.807) is 7.11 Å². The SMILES string of the molecule is C=CC[C@@H](CC(=C)C(C)(C)[C@@H](O)C[C@@H](C[C@H](CC(=O)SC(C)(C)C)O[Si](c1ccccc1)(c1ccccc1)C(C)(C)C)OCc1ccc(OC)cc1)O[Si](C)(C)C(C)(C)C. The van der Waals surface area contributed by atoms with Crippen LogP contribution in [0.4, 0.5) is 0 Å². The van der Waals surface area contributed by atoms with E-state index in [0.717, 1.165) is 27.3 Å². The smallest absolute Gasteiger partial charge is 0.261 e. The van der Waals surface area contributed by atoms with Gasteiger partial charge >= 0.3 is 0 Å². The minimum atomic E-state index is -3.08. The van der Waals surface area contributed by atoms with Crippen LogP contribution >= 0.6 is 11.8 Å². The van der Waals surface area contributed by atoms with Crippen molar-refractivity contribution in [3.63, 3.8) is 0 Å². The summed E-state index contributed by atoms with van der Waals surface area (Å²) in [5, 5.41) is 14.5. The van der Waals surface area contributed by atoms with Crippen LogP contribution in [0.15, 0.2) is 110 Å². The lowest BCUT2D eigenvalue weighted by atomic mass is 9.75. The fourth-order valence-corrected chi connectivity index (χ4v) is 14.4. The van der Waals surface area contributed by atoms with Crippen LogP contribution in [0.3, 0.4) is 0 Å². The van der Waals surface area contributed by atoms with Crippen molar-refractivity contribution in [1.29, 1.82) is 0 Å². The molecule has 1 N–H and O–H groups in total. The summed E-state index contributed by atoms with van der Waals surface area (Å²) >= 11 is 1.35. The third-order valence-corrected chi connectivity index (χ3v) is 22.8. The molecule has 0 amide bonds. The summed E-state index contributed by atoms with van der Waals surface area (Å²) in [5.74, 6) is 0.770. The van der Waals surface area contributed by atoms with Crippen molar-refractivity contribution >= 4 is 43.9 Å². The minimum Gasteiger partial charge on any atom is -0.497 e. The number of hydrogen-bond acceptors (Lipinski definition) is 7. The largest absolute Gasteiger partial charge is 0.497 e. The van der Waals surface area contributed by atoms with E-state index in [4.69, 9.17) is 18.3 Å². The average molecular weight is 875 g/mol. The van der Waals surface area contributed by atoms with Crippen molar-refractivity contribution in [2.24, 2.45) is 5.41 Å². The molecule has 6 nitrogen and oxygen atoms in total. The van der Waals surface area contributed by atoms with Gasteiger partial charge in [-0.1, -0.05) is 179 Å². The summed E-state index contributed by atoms with van der Waals surface area (Å²) < 4.78 is 26.6. The second-order valence-electron chi connectivity index (χ2n) is 20.5. The zero-order valence-electron chi connectivity index (χ0n) is 39.5. The van der Waals surface area contributed by atoms with Gasteiger partial charge in [0.25, 0.3) is 8.32 Å². The molecule has 0 saturated carbocycles. The van der Waals surface area contributed by atoms with E-state index in [1.807, 2.05) is 42.5 Å². The number of aliphatic hydroxyl groups is 1. The molecule has 4 atom stereocenters. The fraction of sp³-hybridized carbons (Fsp3) is 0.549. The van der Waals surface area contributed by atoms with Crippen LogP contribution < -0.4 is 15.1 Å².